The van der Waals surface area contributed by atoms with Crippen LogP contribution in [0, 0.1) is 13.8 Å². The van der Waals surface area contributed by atoms with Crippen LogP contribution in [0.3, 0.4) is 0 Å². The molecule has 0 aromatic carbocycles. The Hall–Kier alpha value is -2.06. The summed E-state index contributed by atoms with van der Waals surface area (Å²) in [6.45, 7) is 10.2. The Bertz CT molecular complexity index is 878. The molecule has 0 amide bonds. The van der Waals surface area contributed by atoms with E-state index in [4.69, 9.17) is 4.42 Å². The number of hydrogen-bond acceptors (Lipinski definition) is 6. The molecule has 0 bridgehead atoms. The Morgan fingerprint density at radius 3 is 2.54 bits per heavy atom. The standard InChI is InChI=1S/C18H26N6OS/c1-12(2)24(10-16-13(3)21-23(6)14(16)4)9-15-7-8-17(25-15)26-18-20-19-11-22(18)5/h7-8,11-12H,9-10H2,1-6H3. The van der Waals surface area contributed by atoms with Crippen LogP contribution >= 0.6 is 11.8 Å². The number of aryl methyl sites for hydroxylation is 3. The van der Waals surface area contributed by atoms with Crippen molar-refractivity contribution in [2.24, 2.45) is 14.1 Å². The first-order valence-electron chi connectivity index (χ1n) is 8.68. The van der Waals surface area contributed by atoms with E-state index >= 15 is 0 Å². The maximum Gasteiger partial charge on any atom is 0.198 e. The smallest absolute Gasteiger partial charge is 0.198 e. The van der Waals surface area contributed by atoms with Gasteiger partial charge < -0.3 is 8.98 Å². The van der Waals surface area contributed by atoms with E-state index in [2.05, 4.69) is 47.9 Å². The molecule has 140 valence electrons. The number of nitrogens with zero attached hydrogens (tertiary/aromatic N) is 6. The molecule has 0 aliphatic heterocycles. The molecule has 3 aromatic rings. The third-order valence-electron chi connectivity index (χ3n) is 4.61. The first kappa shape index (κ1) is 18.7. The zero-order chi connectivity index (χ0) is 18.8. The second-order valence-electron chi connectivity index (χ2n) is 6.82. The van der Waals surface area contributed by atoms with Crippen molar-refractivity contribution >= 4 is 11.8 Å². The summed E-state index contributed by atoms with van der Waals surface area (Å²) in [6, 6.07) is 4.43. The van der Waals surface area contributed by atoms with Gasteiger partial charge in [0.05, 0.1) is 12.2 Å². The second-order valence-corrected chi connectivity index (χ2v) is 7.79. The summed E-state index contributed by atoms with van der Waals surface area (Å²) in [5.41, 5.74) is 3.60. The fourth-order valence-corrected chi connectivity index (χ4v) is 3.57. The Morgan fingerprint density at radius 1 is 1.19 bits per heavy atom. The molecule has 0 saturated carbocycles. The summed E-state index contributed by atoms with van der Waals surface area (Å²) in [6.07, 6.45) is 1.69. The Balaban J connectivity index is 1.71. The van der Waals surface area contributed by atoms with Gasteiger partial charge in [0.1, 0.15) is 12.1 Å². The van der Waals surface area contributed by atoms with Gasteiger partial charge in [0.2, 0.25) is 0 Å². The van der Waals surface area contributed by atoms with E-state index in [1.165, 1.54) is 23.0 Å². The van der Waals surface area contributed by atoms with Gasteiger partial charge in [-0.3, -0.25) is 9.58 Å². The molecule has 0 fully saturated rings. The first-order chi connectivity index (χ1) is 12.3. The van der Waals surface area contributed by atoms with Crippen molar-refractivity contribution in [2.75, 3.05) is 0 Å². The van der Waals surface area contributed by atoms with Gasteiger partial charge in [0.15, 0.2) is 10.2 Å². The lowest BCUT2D eigenvalue weighted by Crippen LogP contribution is -2.30. The SMILES string of the molecule is Cc1nn(C)c(C)c1CN(Cc1ccc(Sc2nncn2C)o1)C(C)C. The summed E-state index contributed by atoms with van der Waals surface area (Å²) in [5.74, 6) is 0.947. The summed E-state index contributed by atoms with van der Waals surface area (Å²) in [5, 5.41) is 14.2. The maximum absolute atomic E-state index is 6.02. The Morgan fingerprint density at radius 2 is 1.96 bits per heavy atom. The van der Waals surface area contributed by atoms with Crippen molar-refractivity contribution < 1.29 is 4.42 Å². The van der Waals surface area contributed by atoms with Crippen molar-refractivity contribution in [3.63, 3.8) is 0 Å². The van der Waals surface area contributed by atoms with Crippen molar-refractivity contribution in [2.45, 2.75) is 57.1 Å². The number of hydrogen-bond donors (Lipinski definition) is 0. The third-order valence-corrected chi connectivity index (χ3v) is 5.58. The largest absolute Gasteiger partial charge is 0.453 e. The highest BCUT2D eigenvalue weighted by atomic mass is 32.2. The summed E-state index contributed by atoms with van der Waals surface area (Å²) >= 11 is 1.48. The number of rotatable bonds is 7. The van der Waals surface area contributed by atoms with Crippen LogP contribution in [0.2, 0.25) is 0 Å². The second kappa shape index (κ2) is 7.67. The molecule has 0 atom stereocenters. The van der Waals surface area contributed by atoms with Crippen LogP contribution in [-0.2, 0) is 27.2 Å². The lowest BCUT2D eigenvalue weighted by atomic mass is 10.1. The zero-order valence-corrected chi connectivity index (χ0v) is 17.0. The van der Waals surface area contributed by atoms with Gasteiger partial charge >= 0.3 is 0 Å². The van der Waals surface area contributed by atoms with Gasteiger partial charge in [-0.15, -0.1) is 10.2 Å². The van der Waals surface area contributed by atoms with E-state index in [1.54, 1.807) is 6.33 Å². The lowest BCUT2D eigenvalue weighted by Gasteiger charge is -2.25. The summed E-state index contributed by atoms with van der Waals surface area (Å²) in [4.78, 5) is 2.40. The number of aromatic nitrogens is 5. The normalized spacial score (nSPS) is 11.8. The molecule has 3 aromatic heterocycles. The zero-order valence-electron chi connectivity index (χ0n) is 16.2. The van der Waals surface area contributed by atoms with Crippen molar-refractivity contribution in [3.05, 3.63) is 41.2 Å². The summed E-state index contributed by atoms with van der Waals surface area (Å²) in [7, 11) is 3.92. The van der Waals surface area contributed by atoms with Crippen molar-refractivity contribution in [3.8, 4) is 0 Å². The maximum atomic E-state index is 6.02. The van der Waals surface area contributed by atoms with E-state index in [0.29, 0.717) is 6.04 Å². The molecule has 8 heteroatoms. The van der Waals surface area contributed by atoms with Gasteiger partial charge in [-0.2, -0.15) is 5.10 Å². The average Bonchev–Trinajstić information content (AvgIpc) is 3.25. The van der Waals surface area contributed by atoms with Crippen LogP contribution in [0.25, 0.3) is 0 Å². The molecule has 7 nitrogen and oxygen atoms in total. The van der Waals surface area contributed by atoms with Crippen LogP contribution < -0.4 is 0 Å². The monoisotopic (exact) mass is 374 g/mol. The van der Waals surface area contributed by atoms with Crippen molar-refractivity contribution in [1.82, 2.24) is 29.4 Å². The van der Waals surface area contributed by atoms with Crippen LogP contribution in [0.1, 0.15) is 36.6 Å². The van der Waals surface area contributed by atoms with E-state index < -0.39 is 0 Å². The predicted octanol–water partition coefficient (Wildman–Crippen LogP) is 3.32. The van der Waals surface area contributed by atoms with E-state index in [9.17, 15) is 0 Å². The molecular weight excluding hydrogens is 348 g/mol. The molecular formula is C18H26N6OS. The molecule has 0 radical (unpaired) electrons. The van der Waals surface area contributed by atoms with Crippen LogP contribution in [0.4, 0.5) is 0 Å². The fourth-order valence-electron chi connectivity index (χ4n) is 2.82. The van der Waals surface area contributed by atoms with Crippen molar-refractivity contribution in [1.29, 1.82) is 0 Å². The van der Waals surface area contributed by atoms with E-state index in [1.807, 2.05) is 35.5 Å². The fraction of sp³-hybridized carbons (Fsp3) is 0.500. The molecule has 0 aliphatic rings. The van der Waals surface area contributed by atoms with E-state index in [-0.39, 0.29) is 0 Å². The molecule has 0 spiro atoms. The third kappa shape index (κ3) is 4.02. The van der Waals surface area contributed by atoms with Gasteiger partial charge in [0.25, 0.3) is 0 Å². The van der Waals surface area contributed by atoms with Gasteiger partial charge in [0, 0.05) is 37.9 Å². The Labute approximate surface area is 158 Å². The minimum absolute atomic E-state index is 0.397. The molecule has 3 heterocycles. The minimum atomic E-state index is 0.397. The van der Waals surface area contributed by atoms with E-state index in [0.717, 1.165) is 34.8 Å². The number of furan rings is 1. The molecule has 0 aliphatic carbocycles. The molecule has 0 N–H and O–H groups in total. The quantitative estimate of drug-likeness (QED) is 0.632. The predicted molar refractivity (Wildman–Crippen MR) is 101 cm³/mol. The van der Waals surface area contributed by atoms with Crippen LogP contribution in [0.5, 0.6) is 0 Å². The highest BCUT2D eigenvalue weighted by Gasteiger charge is 2.18. The molecule has 3 rings (SSSR count). The highest BCUT2D eigenvalue weighted by molar-refractivity contribution is 7.99. The van der Waals surface area contributed by atoms with Gasteiger partial charge in [-0.05, 0) is 51.6 Å². The molecule has 26 heavy (non-hydrogen) atoms. The van der Waals surface area contributed by atoms with Crippen LogP contribution in [-0.4, -0.2) is 35.5 Å². The molecule has 0 saturated heterocycles. The average molecular weight is 375 g/mol. The molecule has 0 unspecified atom stereocenters. The van der Waals surface area contributed by atoms with Gasteiger partial charge in [-0.1, -0.05) is 0 Å². The minimum Gasteiger partial charge on any atom is -0.453 e. The first-order valence-corrected chi connectivity index (χ1v) is 9.50. The topological polar surface area (TPSA) is 64.9 Å². The van der Waals surface area contributed by atoms with Crippen LogP contribution in [0.15, 0.2) is 33.1 Å². The summed E-state index contributed by atoms with van der Waals surface area (Å²) < 4.78 is 9.84. The highest BCUT2D eigenvalue weighted by Crippen LogP contribution is 2.28. The lowest BCUT2D eigenvalue weighted by molar-refractivity contribution is 0.183. The van der Waals surface area contributed by atoms with Gasteiger partial charge in [-0.25, -0.2) is 0 Å². The Kier molecular flexibility index (Phi) is 5.52.